The summed E-state index contributed by atoms with van der Waals surface area (Å²) in [5.41, 5.74) is 0.405. The first-order valence-corrected chi connectivity index (χ1v) is 6.19. The van der Waals surface area contributed by atoms with Crippen LogP contribution in [0.4, 0.5) is 0 Å². The topological polar surface area (TPSA) is 50.4 Å². The monoisotopic (exact) mass is 228 g/mol. The molecule has 1 amide bonds. The van der Waals surface area contributed by atoms with Crippen LogP contribution in [0.1, 0.15) is 32.6 Å². The molecule has 1 fully saturated rings. The van der Waals surface area contributed by atoms with Crippen LogP contribution < -0.4 is 10.6 Å². The highest BCUT2D eigenvalue weighted by Gasteiger charge is 2.34. The van der Waals surface area contributed by atoms with Gasteiger partial charge >= 0.3 is 0 Å². The summed E-state index contributed by atoms with van der Waals surface area (Å²) in [7, 11) is 1.66. The van der Waals surface area contributed by atoms with Crippen LogP contribution in [0.15, 0.2) is 0 Å². The summed E-state index contributed by atoms with van der Waals surface area (Å²) in [6, 6.07) is 0. The summed E-state index contributed by atoms with van der Waals surface area (Å²) in [6.45, 7) is 4.81. The van der Waals surface area contributed by atoms with Crippen molar-refractivity contribution in [3.63, 3.8) is 0 Å². The molecule has 2 N–H and O–H groups in total. The van der Waals surface area contributed by atoms with Crippen molar-refractivity contribution in [2.24, 2.45) is 5.41 Å². The Morgan fingerprint density at radius 1 is 1.44 bits per heavy atom. The van der Waals surface area contributed by atoms with E-state index in [9.17, 15) is 4.79 Å². The maximum Gasteiger partial charge on any atom is 0.233 e. The molecule has 16 heavy (non-hydrogen) atoms. The van der Waals surface area contributed by atoms with Crippen molar-refractivity contribution in [2.75, 3.05) is 33.4 Å². The second-order valence-corrected chi connectivity index (χ2v) is 4.65. The molecule has 0 bridgehead atoms. The predicted molar refractivity (Wildman–Crippen MR) is 64.3 cm³/mol. The molecule has 0 aromatic rings. The van der Waals surface area contributed by atoms with Gasteiger partial charge in [-0.3, -0.25) is 4.79 Å². The van der Waals surface area contributed by atoms with E-state index in [0.29, 0.717) is 18.6 Å². The van der Waals surface area contributed by atoms with Crippen molar-refractivity contribution in [2.45, 2.75) is 32.6 Å². The molecule has 4 nitrogen and oxygen atoms in total. The minimum Gasteiger partial charge on any atom is -0.383 e. The Hall–Kier alpha value is -0.610. The Bertz CT molecular complexity index is 210. The molecule has 1 rings (SSSR count). The highest BCUT2D eigenvalue weighted by atomic mass is 16.5. The molecule has 1 saturated carbocycles. The molecule has 1 aliphatic carbocycles. The summed E-state index contributed by atoms with van der Waals surface area (Å²) in [5, 5.41) is 6.05. The van der Waals surface area contributed by atoms with Crippen LogP contribution in [0.5, 0.6) is 0 Å². The number of methoxy groups -OCH3 is 1. The lowest BCUT2D eigenvalue weighted by molar-refractivity contribution is -0.121. The number of rotatable bonds is 8. The molecule has 0 aromatic carbocycles. The van der Waals surface area contributed by atoms with Crippen LogP contribution in [0, 0.1) is 5.41 Å². The number of nitrogens with one attached hydrogen (secondary N) is 2. The van der Waals surface area contributed by atoms with Gasteiger partial charge in [0.05, 0.1) is 13.2 Å². The molecule has 0 unspecified atom stereocenters. The molecule has 0 radical (unpaired) electrons. The van der Waals surface area contributed by atoms with Gasteiger partial charge in [0.2, 0.25) is 5.91 Å². The van der Waals surface area contributed by atoms with Crippen molar-refractivity contribution in [1.82, 2.24) is 10.6 Å². The average molecular weight is 228 g/mol. The molecule has 4 heteroatoms. The van der Waals surface area contributed by atoms with E-state index < -0.39 is 0 Å². The van der Waals surface area contributed by atoms with Crippen molar-refractivity contribution < 1.29 is 9.53 Å². The lowest BCUT2D eigenvalue weighted by Crippen LogP contribution is -2.44. The summed E-state index contributed by atoms with van der Waals surface area (Å²) >= 11 is 0. The number of hydrogen-bond acceptors (Lipinski definition) is 3. The Labute approximate surface area is 98.1 Å². The molecular formula is C12H24N2O2. The SMILES string of the molecule is CCC1(CNC(=O)CNCCOC)CCC1. The highest BCUT2D eigenvalue weighted by molar-refractivity contribution is 5.78. The standard InChI is InChI=1S/C12H24N2O2/c1-3-12(5-4-6-12)10-14-11(15)9-13-7-8-16-2/h13H,3-10H2,1-2H3,(H,14,15). The largest absolute Gasteiger partial charge is 0.383 e. The lowest BCUT2D eigenvalue weighted by Gasteiger charge is -2.41. The second-order valence-electron chi connectivity index (χ2n) is 4.65. The van der Waals surface area contributed by atoms with E-state index in [2.05, 4.69) is 17.6 Å². The van der Waals surface area contributed by atoms with Gasteiger partial charge in [0.25, 0.3) is 0 Å². The van der Waals surface area contributed by atoms with E-state index in [-0.39, 0.29) is 5.91 Å². The average Bonchev–Trinajstić information content (AvgIpc) is 2.24. The second kappa shape index (κ2) is 6.86. The molecule has 0 aliphatic heterocycles. The fraction of sp³-hybridized carbons (Fsp3) is 0.917. The van der Waals surface area contributed by atoms with Crippen LogP contribution in [0.2, 0.25) is 0 Å². The molecule has 0 heterocycles. The summed E-state index contributed by atoms with van der Waals surface area (Å²) in [4.78, 5) is 11.5. The van der Waals surface area contributed by atoms with Gasteiger partial charge in [-0.05, 0) is 24.7 Å². The van der Waals surface area contributed by atoms with E-state index >= 15 is 0 Å². The Balaban J connectivity index is 2.05. The minimum absolute atomic E-state index is 0.0934. The number of ether oxygens (including phenoxy) is 1. The summed E-state index contributed by atoms with van der Waals surface area (Å²) in [5.74, 6) is 0.0934. The zero-order valence-corrected chi connectivity index (χ0v) is 10.5. The molecule has 94 valence electrons. The van der Waals surface area contributed by atoms with Crippen LogP contribution in [0.25, 0.3) is 0 Å². The van der Waals surface area contributed by atoms with Gasteiger partial charge < -0.3 is 15.4 Å². The third-order valence-corrected chi connectivity index (χ3v) is 3.59. The minimum atomic E-state index is 0.0934. The van der Waals surface area contributed by atoms with Gasteiger partial charge in [0.1, 0.15) is 0 Å². The fourth-order valence-electron chi connectivity index (χ4n) is 2.06. The number of amides is 1. The Kier molecular flexibility index (Phi) is 5.77. The summed E-state index contributed by atoms with van der Waals surface area (Å²) in [6.07, 6.45) is 5.02. The van der Waals surface area contributed by atoms with Crippen molar-refractivity contribution in [3.8, 4) is 0 Å². The van der Waals surface area contributed by atoms with E-state index in [1.54, 1.807) is 7.11 Å². The van der Waals surface area contributed by atoms with Gasteiger partial charge in [0.15, 0.2) is 0 Å². The van der Waals surface area contributed by atoms with Gasteiger partial charge in [-0.25, -0.2) is 0 Å². The van der Waals surface area contributed by atoms with Crippen LogP contribution in [-0.4, -0.2) is 39.3 Å². The number of carbonyl (C=O) groups excluding carboxylic acids is 1. The zero-order chi connectivity index (χ0) is 11.9. The van der Waals surface area contributed by atoms with Crippen LogP contribution in [-0.2, 0) is 9.53 Å². The van der Waals surface area contributed by atoms with Gasteiger partial charge in [0, 0.05) is 20.2 Å². The lowest BCUT2D eigenvalue weighted by atomic mass is 9.67. The predicted octanol–water partition coefficient (Wildman–Crippen LogP) is 0.919. The van der Waals surface area contributed by atoms with Crippen molar-refractivity contribution >= 4 is 5.91 Å². The maximum absolute atomic E-state index is 11.5. The van der Waals surface area contributed by atoms with E-state index in [1.807, 2.05) is 0 Å². The smallest absolute Gasteiger partial charge is 0.233 e. The van der Waals surface area contributed by atoms with Crippen molar-refractivity contribution in [1.29, 1.82) is 0 Å². The first-order chi connectivity index (χ1) is 7.72. The first kappa shape index (κ1) is 13.5. The third-order valence-electron chi connectivity index (χ3n) is 3.59. The first-order valence-electron chi connectivity index (χ1n) is 6.19. The molecular weight excluding hydrogens is 204 g/mol. The maximum atomic E-state index is 11.5. The molecule has 0 aromatic heterocycles. The van der Waals surface area contributed by atoms with Gasteiger partial charge in [-0.2, -0.15) is 0 Å². The van der Waals surface area contributed by atoms with Crippen LogP contribution in [0.3, 0.4) is 0 Å². The Morgan fingerprint density at radius 3 is 2.69 bits per heavy atom. The molecule has 0 atom stereocenters. The fourth-order valence-corrected chi connectivity index (χ4v) is 2.06. The molecule has 1 aliphatic rings. The zero-order valence-electron chi connectivity index (χ0n) is 10.5. The quantitative estimate of drug-likeness (QED) is 0.607. The molecule has 0 saturated heterocycles. The van der Waals surface area contributed by atoms with Gasteiger partial charge in [-0.15, -0.1) is 0 Å². The number of carbonyl (C=O) groups is 1. The number of hydrogen-bond donors (Lipinski definition) is 2. The van der Waals surface area contributed by atoms with E-state index in [1.165, 1.54) is 25.7 Å². The molecule has 0 spiro atoms. The van der Waals surface area contributed by atoms with E-state index in [4.69, 9.17) is 4.74 Å². The van der Waals surface area contributed by atoms with Gasteiger partial charge in [-0.1, -0.05) is 13.3 Å². The summed E-state index contributed by atoms with van der Waals surface area (Å²) < 4.78 is 4.89. The highest BCUT2D eigenvalue weighted by Crippen LogP contribution is 2.42. The van der Waals surface area contributed by atoms with Crippen molar-refractivity contribution in [3.05, 3.63) is 0 Å². The third kappa shape index (κ3) is 4.10. The normalized spacial score (nSPS) is 17.9. The van der Waals surface area contributed by atoms with Crippen LogP contribution >= 0.6 is 0 Å². The Morgan fingerprint density at radius 2 is 2.19 bits per heavy atom. The van der Waals surface area contributed by atoms with E-state index in [0.717, 1.165) is 13.1 Å².